The first kappa shape index (κ1) is 19.5. The lowest BCUT2D eigenvalue weighted by molar-refractivity contribution is 0.245. The molecule has 1 saturated heterocycles. The summed E-state index contributed by atoms with van der Waals surface area (Å²) in [6.07, 6.45) is 3.27. The minimum absolute atomic E-state index is 0.904. The monoisotopic (exact) mass is 392 g/mol. The number of methoxy groups -OCH3 is 2. The van der Waals surface area contributed by atoms with Crippen LogP contribution in [0.25, 0.3) is 0 Å². The second kappa shape index (κ2) is 9.65. The zero-order valence-electron chi connectivity index (χ0n) is 15.9. The Balaban J connectivity index is 1.65. The van der Waals surface area contributed by atoms with E-state index < -0.39 is 0 Å². The van der Waals surface area contributed by atoms with Crippen molar-refractivity contribution in [1.29, 1.82) is 0 Å². The van der Waals surface area contributed by atoms with Gasteiger partial charge in [-0.3, -0.25) is 9.80 Å². The van der Waals surface area contributed by atoms with Crippen LogP contribution in [0.15, 0.2) is 34.5 Å². The van der Waals surface area contributed by atoms with Gasteiger partial charge in [-0.15, -0.1) is 23.1 Å². The van der Waals surface area contributed by atoms with E-state index in [9.17, 15) is 0 Å². The number of benzene rings is 1. The molecule has 4 nitrogen and oxygen atoms in total. The molecule has 1 aromatic heterocycles. The van der Waals surface area contributed by atoms with Gasteiger partial charge in [0.05, 0.1) is 19.1 Å². The first-order valence-corrected chi connectivity index (χ1v) is 11.1. The molecule has 26 heavy (non-hydrogen) atoms. The van der Waals surface area contributed by atoms with Crippen molar-refractivity contribution in [2.45, 2.75) is 24.4 Å². The average molecular weight is 393 g/mol. The molecule has 3 rings (SSSR count). The summed E-state index contributed by atoms with van der Waals surface area (Å²) in [5.41, 5.74) is 1.20. The molecule has 1 aromatic carbocycles. The summed E-state index contributed by atoms with van der Waals surface area (Å²) < 4.78 is 11.2. The highest BCUT2D eigenvalue weighted by Gasteiger charge is 2.18. The van der Waals surface area contributed by atoms with Crippen molar-refractivity contribution in [3.8, 4) is 11.5 Å². The maximum atomic E-state index is 5.65. The Morgan fingerprint density at radius 2 is 1.73 bits per heavy atom. The molecule has 0 atom stereocenters. The van der Waals surface area contributed by atoms with Gasteiger partial charge in [-0.05, 0) is 49.3 Å². The first-order valence-electron chi connectivity index (χ1n) is 8.99. The molecule has 1 aliphatic heterocycles. The molecule has 0 saturated carbocycles. The van der Waals surface area contributed by atoms with Gasteiger partial charge in [0.1, 0.15) is 11.5 Å². The number of hydrogen-bond donors (Lipinski definition) is 0. The Kier molecular flexibility index (Phi) is 7.25. The summed E-state index contributed by atoms with van der Waals surface area (Å²) in [6.45, 7) is 6.46. The van der Waals surface area contributed by atoms with Crippen LogP contribution in [0, 0.1) is 0 Å². The Labute approximate surface area is 165 Å². The summed E-state index contributed by atoms with van der Waals surface area (Å²) in [7, 11) is 3.49. The number of ether oxygens (including phenoxy) is 2. The van der Waals surface area contributed by atoms with Gasteiger partial charge < -0.3 is 9.47 Å². The van der Waals surface area contributed by atoms with E-state index in [1.54, 1.807) is 26.0 Å². The zero-order valence-corrected chi connectivity index (χ0v) is 17.5. The Morgan fingerprint density at radius 3 is 2.35 bits per heavy atom. The van der Waals surface area contributed by atoms with Crippen molar-refractivity contribution in [2.24, 2.45) is 0 Å². The second-order valence-corrected chi connectivity index (χ2v) is 8.38. The molecule has 0 N–H and O–H groups in total. The molecule has 6 heteroatoms. The first-order chi connectivity index (χ1) is 12.7. The largest absolute Gasteiger partial charge is 0.496 e. The lowest BCUT2D eigenvalue weighted by Gasteiger charge is -2.23. The van der Waals surface area contributed by atoms with E-state index in [0.717, 1.165) is 49.1 Å². The summed E-state index contributed by atoms with van der Waals surface area (Å²) in [5.74, 6) is 1.89. The molecule has 2 heterocycles. The van der Waals surface area contributed by atoms with Crippen molar-refractivity contribution < 1.29 is 9.47 Å². The van der Waals surface area contributed by atoms with Crippen LogP contribution in [-0.2, 0) is 13.1 Å². The van der Waals surface area contributed by atoms with Gasteiger partial charge in [0.15, 0.2) is 0 Å². The van der Waals surface area contributed by atoms with Gasteiger partial charge in [-0.1, -0.05) is 6.07 Å². The molecule has 1 aliphatic rings. The molecule has 0 bridgehead atoms. The van der Waals surface area contributed by atoms with Crippen molar-refractivity contribution in [3.05, 3.63) is 40.1 Å². The second-order valence-electron chi connectivity index (χ2n) is 6.50. The van der Waals surface area contributed by atoms with Crippen molar-refractivity contribution in [3.63, 3.8) is 0 Å². The molecule has 0 amide bonds. The van der Waals surface area contributed by atoms with Gasteiger partial charge in [0.2, 0.25) is 0 Å². The zero-order chi connectivity index (χ0) is 18.4. The van der Waals surface area contributed by atoms with Gasteiger partial charge in [-0.2, -0.15) is 0 Å². The van der Waals surface area contributed by atoms with Gasteiger partial charge in [0, 0.05) is 36.6 Å². The van der Waals surface area contributed by atoms with Crippen molar-refractivity contribution >= 4 is 23.1 Å². The molecule has 0 aliphatic carbocycles. The van der Waals surface area contributed by atoms with Crippen molar-refractivity contribution in [1.82, 2.24) is 9.80 Å². The highest BCUT2D eigenvalue weighted by molar-refractivity contribution is 7.98. The van der Waals surface area contributed by atoms with Crippen LogP contribution in [0.1, 0.15) is 16.9 Å². The molecule has 0 unspecified atom stereocenters. The maximum absolute atomic E-state index is 5.65. The summed E-state index contributed by atoms with van der Waals surface area (Å²) in [4.78, 5) is 7.67. The number of rotatable bonds is 7. The highest BCUT2D eigenvalue weighted by Crippen LogP contribution is 2.35. The standard InChI is InChI=1S/C20H28N2O2S2/c1-23-18-13-20(25-3)19(24-2)12-16(18)14-21-7-5-8-22(10-9-21)15-17-6-4-11-26-17/h4,6,11-13H,5,7-10,14-15H2,1-3H3. The minimum atomic E-state index is 0.904. The maximum Gasteiger partial charge on any atom is 0.132 e. The van der Waals surface area contributed by atoms with E-state index in [-0.39, 0.29) is 0 Å². The van der Waals surface area contributed by atoms with Gasteiger partial charge >= 0.3 is 0 Å². The third-order valence-corrected chi connectivity index (χ3v) is 6.44. The number of thiophene rings is 1. The van der Waals surface area contributed by atoms with Crippen LogP contribution >= 0.6 is 23.1 Å². The van der Waals surface area contributed by atoms with Crippen molar-refractivity contribution in [2.75, 3.05) is 46.7 Å². The summed E-state index contributed by atoms with van der Waals surface area (Å²) >= 11 is 3.54. The van der Waals surface area contributed by atoms with Crippen LogP contribution in [0.4, 0.5) is 0 Å². The van der Waals surface area contributed by atoms with E-state index in [4.69, 9.17) is 9.47 Å². The topological polar surface area (TPSA) is 24.9 Å². The Hall–Kier alpha value is -1.21. The van der Waals surface area contributed by atoms with Crippen LogP contribution in [0.3, 0.4) is 0 Å². The molecule has 142 valence electrons. The van der Waals surface area contributed by atoms with E-state index in [1.165, 1.54) is 23.4 Å². The molecule has 0 radical (unpaired) electrons. The summed E-state index contributed by atoms with van der Waals surface area (Å²) in [5, 5.41) is 2.16. The van der Waals surface area contributed by atoms with E-state index in [0.29, 0.717) is 0 Å². The Morgan fingerprint density at radius 1 is 1.00 bits per heavy atom. The van der Waals surface area contributed by atoms with E-state index in [1.807, 2.05) is 11.3 Å². The third kappa shape index (κ3) is 4.94. The van der Waals surface area contributed by atoms with E-state index >= 15 is 0 Å². The molecule has 1 fully saturated rings. The number of nitrogens with zero attached hydrogens (tertiary/aromatic N) is 2. The fourth-order valence-electron chi connectivity index (χ4n) is 3.42. The molecular formula is C20H28N2O2S2. The summed E-state index contributed by atoms with van der Waals surface area (Å²) in [6, 6.07) is 8.61. The van der Waals surface area contributed by atoms with Crippen LogP contribution < -0.4 is 9.47 Å². The lowest BCUT2D eigenvalue weighted by atomic mass is 10.1. The van der Waals surface area contributed by atoms with Crippen LogP contribution in [0.5, 0.6) is 11.5 Å². The normalized spacial score (nSPS) is 16.4. The molecule has 2 aromatic rings. The molecule has 0 spiro atoms. The predicted octanol–water partition coefficient (Wildman–Crippen LogP) is 4.20. The van der Waals surface area contributed by atoms with Crippen LogP contribution in [-0.4, -0.2) is 56.5 Å². The smallest absolute Gasteiger partial charge is 0.132 e. The number of thioether (sulfide) groups is 1. The van der Waals surface area contributed by atoms with Gasteiger partial charge in [-0.25, -0.2) is 0 Å². The SMILES string of the molecule is COc1cc(SC)c(OC)cc1CN1CCCN(Cc2cccs2)CC1. The number of hydrogen-bond acceptors (Lipinski definition) is 6. The lowest BCUT2D eigenvalue weighted by Crippen LogP contribution is -2.30. The average Bonchev–Trinajstić information content (AvgIpc) is 3.08. The Bertz CT molecular complexity index is 691. The molecular weight excluding hydrogens is 364 g/mol. The fraction of sp³-hybridized carbons (Fsp3) is 0.500. The quantitative estimate of drug-likeness (QED) is 0.658. The van der Waals surface area contributed by atoms with Crippen LogP contribution in [0.2, 0.25) is 0 Å². The minimum Gasteiger partial charge on any atom is -0.496 e. The fourth-order valence-corrected chi connectivity index (χ4v) is 4.73. The van der Waals surface area contributed by atoms with Gasteiger partial charge in [0.25, 0.3) is 0 Å². The van der Waals surface area contributed by atoms with E-state index in [2.05, 4.69) is 45.7 Å². The highest BCUT2D eigenvalue weighted by atomic mass is 32.2. The predicted molar refractivity (Wildman–Crippen MR) is 111 cm³/mol. The third-order valence-electron chi connectivity index (χ3n) is 4.82.